The van der Waals surface area contributed by atoms with Crippen molar-refractivity contribution in [3.8, 4) is 11.5 Å². The number of carbonyl (C=O) groups excluding carboxylic acids is 1. The molecule has 2 aromatic rings. The molecular formula is C19H22ClNO3. The lowest BCUT2D eigenvalue weighted by Crippen LogP contribution is -2.15. The van der Waals surface area contributed by atoms with E-state index in [4.69, 9.17) is 21.1 Å². The van der Waals surface area contributed by atoms with Crippen LogP contribution < -0.4 is 14.8 Å². The number of halogens is 1. The molecule has 0 spiro atoms. The van der Waals surface area contributed by atoms with Crippen molar-refractivity contribution in [1.82, 2.24) is 0 Å². The molecule has 0 heterocycles. The zero-order valence-corrected chi connectivity index (χ0v) is 15.3. The van der Waals surface area contributed by atoms with Gasteiger partial charge in [0.25, 0.3) is 5.91 Å². The molecule has 24 heavy (non-hydrogen) atoms. The number of ether oxygens (including phenoxy) is 2. The highest BCUT2D eigenvalue weighted by molar-refractivity contribution is 6.31. The first-order valence-electron chi connectivity index (χ1n) is 7.70. The summed E-state index contributed by atoms with van der Waals surface area (Å²) in [5.41, 5.74) is 2.97. The highest BCUT2D eigenvalue weighted by Gasteiger charge is 2.17. The third-order valence-corrected chi connectivity index (χ3v) is 4.09. The van der Waals surface area contributed by atoms with Crippen molar-refractivity contribution in [3.63, 3.8) is 0 Å². The fraction of sp³-hybridized carbons (Fsp3) is 0.316. The minimum atomic E-state index is -0.211. The molecule has 0 atom stereocenters. The summed E-state index contributed by atoms with van der Waals surface area (Å²) in [6.07, 6.45) is 0. The molecule has 4 nitrogen and oxygen atoms in total. The number of nitrogens with one attached hydrogen (secondary N) is 1. The van der Waals surface area contributed by atoms with E-state index in [2.05, 4.69) is 19.2 Å². The van der Waals surface area contributed by atoms with Crippen molar-refractivity contribution in [2.45, 2.75) is 26.7 Å². The third-order valence-electron chi connectivity index (χ3n) is 3.85. The van der Waals surface area contributed by atoms with E-state index in [1.807, 2.05) is 19.1 Å². The Bertz CT molecular complexity index is 757. The molecule has 0 aliphatic rings. The molecule has 5 heteroatoms. The standard InChI is InChI=1S/C19H22ClNO3/c1-11(2)14-10-15(12(3)8-18(14)24-5)19(22)21-16-9-13(20)6-7-17(16)23-4/h6-11H,1-5H3,(H,21,22). The Kier molecular flexibility index (Phi) is 5.73. The van der Waals surface area contributed by atoms with E-state index in [0.29, 0.717) is 22.0 Å². The third kappa shape index (κ3) is 3.82. The van der Waals surface area contributed by atoms with Crippen molar-refractivity contribution < 1.29 is 14.3 Å². The SMILES string of the molecule is COc1ccc(Cl)cc1NC(=O)c1cc(C(C)C)c(OC)cc1C. The van der Waals surface area contributed by atoms with Gasteiger partial charge in [-0.05, 0) is 54.3 Å². The van der Waals surface area contributed by atoms with Crippen molar-refractivity contribution in [3.05, 3.63) is 52.0 Å². The lowest BCUT2D eigenvalue weighted by atomic mass is 9.96. The maximum absolute atomic E-state index is 12.7. The second kappa shape index (κ2) is 7.58. The van der Waals surface area contributed by atoms with Crippen molar-refractivity contribution in [1.29, 1.82) is 0 Å². The fourth-order valence-corrected chi connectivity index (χ4v) is 2.71. The number of amides is 1. The van der Waals surface area contributed by atoms with Gasteiger partial charge in [-0.2, -0.15) is 0 Å². The first-order valence-corrected chi connectivity index (χ1v) is 8.08. The van der Waals surface area contributed by atoms with E-state index in [0.717, 1.165) is 16.9 Å². The highest BCUT2D eigenvalue weighted by atomic mass is 35.5. The lowest BCUT2D eigenvalue weighted by Gasteiger charge is -2.16. The average molecular weight is 348 g/mol. The molecule has 128 valence electrons. The minimum Gasteiger partial charge on any atom is -0.496 e. The maximum atomic E-state index is 12.7. The zero-order chi connectivity index (χ0) is 17.9. The van der Waals surface area contributed by atoms with Crippen LogP contribution in [-0.4, -0.2) is 20.1 Å². The van der Waals surface area contributed by atoms with Crippen molar-refractivity contribution >= 4 is 23.2 Å². The number of carbonyl (C=O) groups is 1. The molecule has 0 fully saturated rings. The van der Waals surface area contributed by atoms with Gasteiger partial charge in [0.05, 0.1) is 19.9 Å². The largest absolute Gasteiger partial charge is 0.496 e. The van der Waals surface area contributed by atoms with Gasteiger partial charge in [-0.15, -0.1) is 0 Å². The van der Waals surface area contributed by atoms with Crippen LogP contribution >= 0.6 is 11.6 Å². The molecule has 0 saturated carbocycles. The predicted molar refractivity (Wildman–Crippen MR) is 97.8 cm³/mol. The van der Waals surface area contributed by atoms with Gasteiger partial charge in [0.15, 0.2) is 0 Å². The fourth-order valence-electron chi connectivity index (χ4n) is 2.54. The van der Waals surface area contributed by atoms with Crippen molar-refractivity contribution in [2.75, 3.05) is 19.5 Å². The molecule has 0 aromatic heterocycles. The minimum absolute atomic E-state index is 0.211. The Morgan fingerprint density at radius 1 is 1.08 bits per heavy atom. The van der Waals surface area contributed by atoms with Crippen LogP contribution in [0.15, 0.2) is 30.3 Å². The smallest absolute Gasteiger partial charge is 0.256 e. The van der Waals surface area contributed by atoms with E-state index in [-0.39, 0.29) is 11.8 Å². The molecule has 2 rings (SSSR count). The molecule has 0 radical (unpaired) electrons. The molecule has 0 bridgehead atoms. The van der Waals surface area contributed by atoms with Crippen LogP contribution in [0.25, 0.3) is 0 Å². The van der Waals surface area contributed by atoms with Gasteiger partial charge in [0.1, 0.15) is 11.5 Å². The quantitative estimate of drug-likeness (QED) is 0.824. The van der Waals surface area contributed by atoms with E-state index >= 15 is 0 Å². The number of aryl methyl sites for hydroxylation is 1. The average Bonchev–Trinajstić information content (AvgIpc) is 2.54. The number of hydrogen-bond acceptors (Lipinski definition) is 3. The van der Waals surface area contributed by atoms with Crippen LogP contribution in [0.1, 0.15) is 41.3 Å². The van der Waals surface area contributed by atoms with E-state index in [9.17, 15) is 4.79 Å². The Morgan fingerprint density at radius 3 is 2.33 bits per heavy atom. The van der Waals surface area contributed by atoms with Gasteiger partial charge >= 0.3 is 0 Å². The lowest BCUT2D eigenvalue weighted by molar-refractivity contribution is 0.102. The number of benzene rings is 2. The van der Waals surface area contributed by atoms with Gasteiger partial charge in [-0.25, -0.2) is 0 Å². The summed E-state index contributed by atoms with van der Waals surface area (Å²) in [5.74, 6) is 1.38. The molecule has 0 aliphatic heterocycles. The summed E-state index contributed by atoms with van der Waals surface area (Å²) in [6, 6.07) is 8.87. The predicted octanol–water partition coefficient (Wildman–Crippen LogP) is 5.04. The molecular weight excluding hydrogens is 326 g/mol. The summed E-state index contributed by atoms with van der Waals surface area (Å²) < 4.78 is 10.7. The summed E-state index contributed by atoms with van der Waals surface area (Å²) >= 11 is 6.02. The van der Waals surface area contributed by atoms with Gasteiger partial charge in [-0.3, -0.25) is 4.79 Å². The summed E-state index contributed by atoms with van der Waals surface area (Å²) in [6.45, 7) is 6.01. The van der Waals surface area contributed by atoms with Crippen LogP contribution in [-0.2, 0) is 0 Å². The number of methoxy groups -OCH3 is 2. The normalized spacial score (nSPS) is 10.6. The second-order valence-electron chi connectivity index (χ2n) is 5.86. The summed E-state index contributed by atoms with van der Waals surface area (Å²) in [7, 11) is 3.19. The first-order chi connectivity index (χ1) is 11.4. The maximum Gasteiger partial charge on any atom is 0.256 e. The highest BCUT2D eigenvalue weighted by Crippen LogP contribution is 2.31. The van der Waals surface area contributed by atoms with E-state index in [1.165, 1.54) is 0 Å². The summed E-state index contributed by atoms with van der Waals surface area (Å²) in [4.78, 5) is 12.7. The Morgan fingerprint density at radius 2 is 1.75 bits per heavy atom. The number of anilines is 1. The first kappa shape index (κ1) is 18.1. The number of hydrogen-bond donors (Lipinski definition) is 1. The van der Waals surface area contributed by atoms with Gasteiger partial charge in [-0.1, -0.05) is 25.4 Å². The number of rotatable bonds is 5. The molecule has 0 saturated heterocycles. The molecule has 0 aliphatic carbocycles. The topological polar surface area (TPSA) is 47.6 Å². The Hall–Kier alpha value is -2.20. The molecule has 1 N–H and O–H groups in total. The monoisotopic (exact) mass is 347 g/mol. The molecule has 2 aromatic carbocycles. The van der Waals surface area contributed by atoms with E-state index < -0.39 is 0 Å². The summed E-state index contributed by atoms with van der Waals surface area (Å²) in [5, 5.41) is 3.40. The van der Waals surface area contributed by atoms with Gasteiger partial charge in [0, 0.05) is 10.6 Å². The van der Waals surface area contributed by atoms with Crippen LogP contribution in [0.5, 0.6) is 11.5 Å². The van der Waals surface area contributed by atoms with E-state index in [1.54, 1.807) is 32.4 Å². The Labute approximate surface area is 147 Å². The van der Waals surface area contributed by atoms with Crippen LogP contribution in [0, 0.1) is 6.92 Å². The van der Waals surface area contributed by atoms with Crippen LogP contribution in [0.4, 0.5) is 5.69 Å². The van der Waals surface area contributed by atoms with Gasteiger partial charge in [0.2, 0.25) is 0 Å². The zero-order valence-electron chi connectivity index (χ0n) is 14.6. The molecule has 1 amide bonds. The van der Waals surface area contributed by atoms with Crippen molar-refractivity contribution in [2.24, 2.45) is 0 Å². The van der Waals surface area contributed by atoms with Gasteiger partial charge < -0.3 is 14.8 Å². The molecule has 0 unspecified atom stereocenters. The van der Waals surface area contributed by atoms with Crippen LogP contribution in [0.3, 0.4) is 0 Å². The second-order valence-corrected chi connectivity index (χ2v) is 6.30. The van der Waals surface area contributed by atoms with Crippen LogP contribution in [0.2, 0.25) is 5.02 Å². The Balaban J connectivity index is 2.40.